The average Bonchev–Trinajstić information content (AvgIpc) is 3.27. The molecule has 1 atom stereocenters. The normalized spacial score (nSPS) is 13.6. The van der Waals surface area contributed by atoms with Gasteiger partial charge in [0, 0.05) is 12.5 Å². The number of hydroxylamine groups is 2. The number of rotatable bonds is 8. The number of benzene rings is 2. The second-order valence-corrected chi connectivity index (χ2v) is 8.69. The molecule has 0 radical (unpaired) electrons. The molecule has 0 saturated carbocycles. The number of nitrogens with one attached hydrogen (secondary N) is 1. The third kappa shape index (κ3) is 5.67. The summed E-state index contributed by atoms with van der Waals surface area (Å²) in [4.78, 5) is 44.1. The Balaban J connectivity index is 1.87. The van der Waals surface area contributed by atoms with Gasteiger partial charge >= 0.3 is 5.97 Å². The lowest BCUT2D eigenvalue weighted by molar-refractivity contribution is -0.207. The van der Waals surface area contributed by atoms with Crippen LogP contribution in [-0.2, 0) is 27.3 Å². The summed E-state index contributed by atoms with van der Waals surface area (Å²) < 4.78 is 16.0. The van der Waals surface area contributed by atoms with Crippen molar-refractivity contribution in [1.29, 1.82) is 0 Å². The smallest absolute Gasteiger partial charge is 0.329 e. The Labute approximate surface area is 205 Å². The first-order valence-corrected chi connectivity index (χ1v) is 11.4. The molecular formula is C26H32N2O7. The number of carbonyl (C=O) groups excluding carboxylic acids is 3. The Morgan fingerprint density at radius 1 is 0.943 bits per heavy atom. The summed E-state index contributed by atoms with van der Waals surface area (Å²) >= 11 is 0. The van der Waals surface area contributed by atoms with Gasteiger partial charge in [-0.05, 0) is 42.0 Å². The molecule has 2 amide bonds. The minimum absolute atomic E-state index is 0.227. The third-order valence-electron chi connectivity index (χ3n) is 5.95. The number of ether oxygens (including phenoxy) is 3. The zero-order valence-corrected chi connectivity index (χ0v) is 20.9. The van der Waals surface area contributed by atoms with Gasteiger partial charge in [-0.1, -0.05) is 38.1 Å². The van der Waals surface area contributed by atoms with Crippen LogP contribution in [0.15, 0.2) is 36.4 Å². The fourth-order valence-corrected chi connectivity index (χ4v) is 4.23. The van der Waals surface area contributed by atoms with E-state index in [2.05, 4.69) is 5.32 Å². The summed E-state index contributed by atoms with van der Waals surface area (Å²) in [6.45, 7) is 4.88. The number of hydrogen-bond acceptors (Lipinski definition) is 7. The van der Waals surface area contributed by atoms with Gasteiger partial charge in [0.15, 0.2) is 11.5 Å². The fraction of sp³-hybridized carbons (Fsp3) is 0.423. The second-order valence-electron chi connectivity index (χ2n) is 8.69. The number of carbonyl (C=O) groups is 3. The average molecular weight is 485 g/mol. The van der Waals surface area contributed by atoms with E-state index in [1.807, 2.05) is 38.1 Å². The summed E-state index contributed by atoms with van der Waals surface area (Å²) in [7, 11) is 4.38. The van der Waals surface area contributed by atoms with Crippen LogP contribution in [-0.4, -0.2) is 56.3 Å². The molecule has 0 fully saturated rings. The molecule has 1 aliphatic rings. The third-order valence-corrected chi connectivity index (χ3v) is 5.95. The zero-order chi connectivity index (χ0) is 25.7. The summed E-state index contributed by atoms with van der Waals surface area (Å²) in [5, 5.41) is 3.93. The summed E-state index contributed by atoms with van der Waals surface area (Å²) in [5.41, 5.74) is 2.43. The molecule has 0 heterocycles. The van der Waals surface area contributed by atoms with Gasteiger partial charge in [-0.25, -0.2) is 0 Å². The molecule has 9 nitrogen and oxygen atoms in total. The molecule has 2 aromatic carbocycles. The van der Waals surface area contributed by atoms with Crippen molar-refractivity contribution in [1.82, 2.24) is 10.4 Å². The molecule has 35 heavy (non-hydrogen) atoms. The molecule has 0 spiro atoms. The van der Waals surface area contributed by atoms with E-state index in [1.165, 1.54) is 40.4 Å². The quantitative estimate of drug-likeness (QED) is 0.575. The van der Waals surface area contributed by atoms with Gasteiger partial charge in [0.05, 0.1) is 27.4 Å². The zero-order valence-electron chi connectivity index (χ0n) is 20.9. The Morgan fingerprint density at radius 3 is 1.91 bits per heavy atom. The molecule has 9 heteroatoms. The Bertz CT molecular complexity index is 1050. The van der Waals surface area contributed by atoms with Crippen LogP contribution in [0.25, 0.3) is 0 Å². The van der Waals surface area contributed by atoms with E-state index in [4.69, 9.17) is 19.0 Å². The Kier molecular flexibility index (Phi) is 8.22. The maximum absolute atomic E-state index is 13.6. The summed E-state index contributed by atoms with van der Waals surface area (Å²) in [6.07, 6.45) is 1.11. The number of hydrogen-bond donors (Lipinski definition) is 1. The van der Waals surface area contributed by atoms with E-state index in [-0.39, 0.29) is 17.5 Å². The van der Waals surface area contributed by atoms with Crippen LogP contribution in [0.3, 0.4) is 0 Å². The predicted octanol–water partition coefficient (Wildman–Crippen LogP) is 2.94. The van der Waals surface area contributed by atoms with Gasteiger partial charge in [0.1, 0.15) is 6.04 Å². The van der Waals surface area contributed by atoms with E-state index >= 15 is 0 Å². The van der Waals surface area contributed by atoms with E-state index in [0.717, 1.165) is 16.2 Å². The van der Waals surface area contributed by atoms with Crippen molar-refractivity contribution in [2.75, 3.05) is 21.3 Å². The van der Waals surface area contributed by atoms with E-state index in [9.17, 15) is 14.4 Å². The Hall–Kier alpha value is -3.75. The van der Waals surface area contributed by atoms with E-state index < -0.39 is 23.8 Å². The van der Waals surface area contributed by atoms with Gasteiger partial charge < -0.3 is 24.4 Å². The molecule has 2 aromatic rings. The van der Waals surface area contributed by atoms with Gasteiger partial charge in [0.2, 0.25) is 5.75 Å². The van der Waals surface area contributed by atoms with Crippen molar-refractivity contribution in [2.24, 2.45) is 5.92 Å². The first-order valence-electron chi connectivity index (χ1n) is 11.4. The van der Waals surface area contributed by atoms with Crippen molar-refractivity contribution >= 4 is 17.8 Å². The molecule has 1 aliphatic carbocycles. The van der Waals surface area contributed by atoms with Crippen molar-refractivity contribution < 1.29 is 33.4 Å². The SMILES string of the molecule is COc1cc(C(=O)NC(C(=O)N(OC(C)=O)C2Cc3ccccc3C2)C(C)C)cc(OC)c1OC. The molecule has 3 rings (SSSR count). The van der Waals surface area contributed by atoms with Crippen molar-refractivity contribution in [3.8, 4) is 17.2 Å². The lowest BCUT2D eigenvalue weighted by Gasteiger charge is -2.32. The maximum atomic E-state index is 13.6. The standard InChI is InChI=1S/C26H32N2O7/c1-15(2)23(27-25(30)19-13-21(32-4)24(34-6)22(14-19)33-5)26(31)28(35-16(3)29)20-11-17-9-7-8-10-18(17)12-20/h7-10,13-15,20,23H,11-12H2,1-6H3,(H,27,30). The predicted molar refractivity (Wildman–Crippen MR) is 128 cm³/mol. The summed E-state index contributed by atoms with van der Waals surface area (Å²) in [6, 6.07) is 9.59. The van der Waals surface area contributed by atoms with Gasteiger partial charge in [-0.3, -0.25) is 14.4 Å². The van der Waals surface area contributed by atoms with Crippen molar-refractivity contribution in [3.05, 3.63) is 53.1 Å². The highest BCUT2D eigenvalue weighted by Crippen LogP contribution is 2.38. The van der Waals surface area contributed by atoms with Crippen LogP contribution < -0.4 is 19.5 Å². The highest BCUT2D eigenvalue weighted by atomic mass is 16.7. The van der Waals surface area contributed by atoms with Crippen LogP contribution in [0, 0.1) is 5.92 Å². The number of nitrogens with zero attached hydrogens (tertiary/aromatic N) is 1. The maximum Gasteiger partial charge on any atom is 0.329 e. The highest BCUT2D eigenvalue weighted by Gasteiger charge is 2.38. The highest BCUT2D eigenvalue weighted by molar-refractivity contribution is 5.98. The topological polar surface area (TPSA) is 103 Å². The molecule has 1 unspecified atom stereocenters. The van der Waals surface area contributed by atoms with Gasteiger partial charge in [0.25, 0.3) is 11.8 Å². The molecule has 0 saturated heterocycles. The van der Waals surface area contributed by atoms with E-state index in [1.54, 1.807) is 0 Å². The van der Waals surface area contributed by atoms with Crippen molar-refractivity contribution in [3.63, 3.8) is 0 Å². The number of amides is 2. The van der Waals surface area contributed by atoms with Gasteiger partial charge in [-0.15, -0.1) is 0 Å². The largest absolute Gasteiger partial charge is 0.493 e. The van der Waals surface area contributed by atoms with Crippen molar-refractivity contribution in [2.45, 2.75) is 45.7 Å². The van der Waals surface area contributed by atoms with E-state index in [0.29, 0.717) is 30.1 Å². The molecule has 188 valence electrons. The molecule has 0 aromatic heterocycles. The molecule has 0 bridgehead atoms. The minimum atomic E-state index is -0.940. The number of fused-ring (bicyclic) bond motifs is 1. The van der Waals surface area contributed by atoms with Crippen LogP contribution in [0.5, 0.6) is 17.2 Å². The number of methoxy groups -OCH3 is 3. The fourth-order valence-electron chi connectivity index (χ4n) is 4.23. The minimum Gasteiger partial charge on any atom is -0.493 e. The lowest BCUT2D eigenvalue weighted by atomic mass is 10.0. The molecule has 1 N–H and O–H groups in total. The monoisotopic (exact) mass is 484 g/mol. The molecule has 0 aliphatic heterocycles. The lowest BCUT2D eigenvalue weighted by Crippen LogP contribution is -2.54. The summed E-state index contributed by atoms with van der Waals surface area (Å²) in [5.74, 6) is -0.903. The first kappa shape index (κ1) is 25.9. The van der Waals surface area contributed by atoms with Crippen LogP contribution in [0.2, 0.25) is 0 Å². The first-order chi connectivity index (χ1) is 16.7. The molecular weight excluding hydrogens is 452 g/mol. The van der Waals surface area contributed by atoms with Crippen LogP contribution >= 0.6 is 0 Å². The van der Waals surface area contributed by atoms with Crippen LogP contribution in [0.1, 0.15) is 42.3 Å². The second kappa shape index (κ2) is 11.1. The Morgan fingerprint density at radius 2 is 1.49 bits per heavy atom. The van der Waals surface area contributed by atoms with Gasteiger partial charge in [-0.2, -0.15) is 5.06 Å². The van der Waals surface area contributed by atoms with Crippen LogP contribution in [0.4, 0.5) is 0 Å².